The number of fused-ring (bicyclic) bond motifs is 1. The number of carbonyl (C=O) groups excluding carboxylic acids is 2. The molecule has 1 aliphatic rings. The van der Waals surface area contributed by atoms with Crippen molar-refractivity contribution >= 4 is 11.8 Å². The summed E-state index contributed by atoms with van der Waals surface area (Å²) in [5, 5.41) is 0. The molecule has 1 heterocycles. The van der Waals surface area contributed by atoms with Crippen LogP contribution in [0.1, 0.15) is 42.1 Å². The number of ether oxygens (including phenoxy) is 1. The molecular formula is C19H18O3. The van der Waals surface area contributed by atoms with Crippen molar-refractivity contribution < 1.29 is 14.3 Å². The van der Waals surface area contributed by atoms with Crippen molar-refractivity contribution in [3.63, 3.8) is 0 Å². The normalized spacial score (nSPS) is 19.2. The number of esters is 1. The summed E-state index contributed by atoms with van der Waals surface area (Å²) in [4.78, 5) is 24.8. The molecule has 0 radical (unpaired) electrons. The van der Waals surface area contributed by atoms with Crippen molar-refractivity contribution in [1.29, 1.82) is 0 Å². The van der Waals surface area contributed by atoms with E-state index in [4.69, 9.17) is 4.74 Å². The van der Waals surface area contributed by atoms with Crippen LogP contribution >= 0.6 is 0 Å². The number of hydrogen-bond acceptors (Lipinski definition) is 3. The predicted molar refractivity (Wildman–Crippen MR) is 84.0 cm³/mol. The van der Waals surface area contributed by atoms with Crippen LogP contribution in [0.15, 0.2) is 54.6 Å². The third-order valence-electron chi connectivity index (χ3n) is 4.38. The Hall–Kier alpha value is -2.42. The fourth-order valence-corrected chi connectivity index (χ4v) is 2.92. The lowest BCUT2D eigenvalue weighted by Gasteiger charge is -2.37. The molecule has 0 fully saturated rings. The Morgan fingerprint density at radius 3 is 2.41 bits per heavy atom. The molecule has 0 spiro atoms. The van der Waals surface area contributed by atoms with E-state index in [1.165, 1.54) is 0 Å². The highest BCUT2D eigenvalue weighted by Gasteiger charge is 2.45. The lowest BCUT2D eigenvalue weighted by Crippen LogP contribution is -2.40. The number of ketones is 1. The number of rotatable bonds is 3. The maximum atomic E-state index is 12.6. The van der Waals surface area contributed by atoms with Gasteiger partial charge in [0.2, 0.25) is 0 Å². The first kappa shape index (κ1) is 14.5. The summed E-state index contributed by atoms with van der Waals surface area (Å²) >= 11 is 0. The van der Waals surface area contributed by atoms with Gasteiger partial charge < -0.3 is 4.74 Å². The van der Waals surface area contributed by atoms with Gasteiger partial charge in [0.05, 0.1) is 5.41 Å². The molecule has 1 unspecified atom stereocenters. The van der Waals surface area contributed by atoms with Gasteiger partial charge in [-0.05, 0) is 25.5 Å². The molecule has 0 saturated carbocycles. The summed E-state index contributed by atoms with van der Waals surface area (Å²) in [5.41, 5.74) is 0.879. The summed E-state index contributed by atoms with van der Waals surface area (Å²) in [6, 6.07) is 16.7. The maximum Gasteiger partial charge on any atom is 0.317 e. The van der Waals surface area contributed by atoms with Crippen LogP contribution in [-0.4, -0.2) is 11.8 Å². The van der Waals surface area contributed by atoms with Crippen LogP contribution in [0.2, 0.25) is 0 Å². The standard InChI is InChI=1S/C19H18O3/c1-19(2)15(12-16(20)13-8-4-3-5-9-13)14-10-6-7-11-17(14)22-18(19)21/h3-11,15H,12H2,1-2H3. The molecule has 0 amide bonds. The number of benzene rings is 2. The molecule has 3 heteroatoms. The van der Waals surface area contributed by atoms with Crippen molar-refractivity contribution in [1.82, 2.24) is 0 Å². The molecule has 0 aliphatic carbocycles. The molecular weight excluding hydrogens is 276 g/mol. The molecule has 22 heavy (non-hydrogen) atoms. The van der Waals surface area contributed by atoms with Crippen molar-refractivity contribution in [2.45, 2.75) is 26.2 Å². The monoisotopic (exact) mass is 294 g/mol. The van der Waals surface area contributed by atoms with Crippen molar-refractivity contribution in [2.24, 2.45) is 5.41 Å². The van der Waals surface area contributed by atoms with Crippen molar-refractivity contribution in [3.05, 3.63) is 65.7 Å². The van der Waals surface area contributed by atoms with E-state index in [1.54, 1.807) is 6.07 Å². The topological polar surface area (TPSA) is 43.4 Å². The summed E-state index contributed by atoms with van der Waals surface area (Å²) in [6.07, 6.45) is 0.295. The Bertz CT molecular complexity index is 716. The Morgan fingerprint density at radius 2 is 1.68 bits per heavy atom. The third kappa shape index (κ3) is 2.43. The molecule has 2 aromatic rings. The van der Waals surface area contributed by atoms with Gasteiger partial charge in [0.1, 0.15) is 5.75 Å². The average Bonchev–Trinajstić information content (AvgIpc) is 2.53. The van der Waals surface area contributed by atoms with E-state index in [-0.39, 0.29) is 17.7 Å². The first-order valence-corrected chi connectivity index (χ1v) is 7.39. The zero-order valence-electron chi connectivity index (χ0n) is 12.7. The molecule has 3 rings (SSSR count). The number of para-hydroxylation sites is 1. The van der Waals surface area contributed by atoms with E-state index in [1.807, 2.05) is 62.4 Å². The van der Waals surface area contributed by atoms with Crippen LogP contribution in [0, 0.1) is 5.41 Å². The molecule has 1 aliphatic heterocycles. The van der Waals surface area contributed by atoms with Crippen LogP contribution in [0.25, 0.3) is 0 Å². The molecule has 112 valence electrons. The predicted octanol–water partition coefficient (Wildman–Crippen LogP) is 3.99. The van der Waals surface area contributed by atoms with Gasteiger partial charge in [-0.3, -0.25) is 9.59 Å². The smallest absolute Gasteiger partial charge is 0.317 e. The van der Waals surface area contributed by atoms with E-state index < -0.39 is 5.41 Å². The number of carbonyl (C=O) groups is 2. The van der Waals surface area contributed by atoms with Gasteiger partial charge >= 0.3 is 5.97 Å². The van der Waals surface area contributed by atoms with Crippen LogP contribution < -0.4 is 4.74 Å². The maximum absolute atomic E-state index is 12.6. The zero-order valence-corrected chi connectivity index (χ0v) is 12.7. The highest BCUT2D eigenvalue weighted by molar-refractivity contribution is 5.97. The Morgan fingerprint density at radius 1 is 1.05 bits per heavy atom. The Labute approximate surface area is 129 Å². The minimum absolute atomic E-state index is 0.0446. The van der Waals surface area contributed by atoms with Gasteiger partial charge in [0.25, 0.3) is 0 Å². The lowest BCUT2D eigenvalue weighted by molar-refractivity contribution is -0.147. The Kier molecular flexibility index (Phi) is 3.57. The largest absolute Gasteiger partial charge is 0.426 e. The molecule has 0 N–H and O–H groups in total. The Balaban J connectivity index is 1.97. The first-order chi connectivity index (χ1) is 10.5. The zero-order chi connectivity index (χ0) is 15.7. The molecule has 0 aromatic heterocycles. The summed E-state index contributed by atoms with van der Waals surface area (Å²) in [7, 11) is 0. The van der Waals surface area contributed by atoms with E-state index in [2.05, 4.69) is 0 Å². The quantitative estimate of drug-likeness (QED) is 0.488. The van der Waals surface area contributed by atoms with Crippen molar-refractivity contribution in [2.75, 3.05) is 0 Å². The highest BCUT2D eigenvalue weighted by atomic mass is 16.5. The number of Topliss-reactive ketones (excluding diaryl/α,β-unsaturated/α-hetero) is 1. The van der Waals surface area contributed by atoms with Gasteiger partial charge in [-0.15, -0.1) is 0 Å². The highest BCUT2D eigenvalue weighted by Crippen LogP contribution is 2.47. The summed E-state index contributed by atoms with van der Waals surface area (Å²) in [5.74, 6) is 0.149. The minimum Gasteiger partial charge on any atom is -0.426 e. The average molecular weight is 294 g/mol. The molecule has 0 bridgehead atoms. The van der Waals surface area contributed by atoms with E-state index in [9.17, 15) is 9.59 Å². The second-order valence-corrected chi connectivity index (χ2v) is 6.19. The van der Waals surface area contributed by atoms with Gasteiger partial charge in [0, 0.05) is 17.9 Å². The van der Waals surface area contributed by atoms with Crippen LogP contribution in [-0.2, 0) is 4.79 Å². The van der Waals surface area contributed by atoms with Gasteiger partial charge in [0.15, 0.2) is 5.78 Å². The second kappa shape index (κ2) is 5.41. The van der Waals surface area contributed by atoms with Gasteiger partial charge in [-0.2, -0.15) is 0 Å². The van der Waals surface area contributed by atoms with Gasteiger partial charge in [-0.1, -0.05) is 48.5 Å². The van der Waals surface area contributed by atoms with E-state index in [0.717, 1.165) is 5.56 Å². The summed E-state index contributed by atoms with van der Waals surface area (Å²) in [6.45, 7) is 3.68. The molecule has 0 saturated heterocycles. The van der Waals surface area contributed by atoms with Crippen LogP contribution in [0.5, 0.6) is 5.75 Å². The second-order valence-electron chi connectivity index (χ2n) is 6.19. The number of hydrogen-bond donors (Lipinski definition) is 0. The lowest BCUT2D eigenvalue weighted by atomic mass is 9.70. The summed E-state index contributed by atoms with van der Waals surface area (Å²) < 4.78 is 5.41. The molecule has 3 nitrogen and oxygen atoms in total. The SMILES string of the molecule is CC1(C)C(=O)Oc2ccccc2C1CC(=O)c1ccccc1. The fourth-order valence-electron chi connectivity index (χ4n) is 2.92. The third-order valence-corrected chi connectivity index (χ3v) is 4.38. The fraction of sp³-hybridized carbons (Fsp3) is 0.263. The molecule has 2 aromatic carbocycles. The van der Waals surface area contributed by atoms with Crippen LogP contribution in [0.4, 0.5) is 0 Å². The minimum atomic E-state index is -0.723. The van der Waals surface area contributed by atoms with E-state index >= 15 is 0 Å². The van der Waals surface area contributed by atoms with Crippen molar-refractivity contribution in [3.8, 4) is 5.75 Å². The molecule has 1 atom stereocenters. The first-order valence-electron chi connectivity index (χ1n) is 7.39. The van der Waals surface area contributed by atoms with Crippen LogP contribution in [0.3, 0.4) is 0 Å². The van der Waals surface area contributed by atoms with Gasteiger partial charge in [-0.25, -0.2) is 0 Å². The van der Waals surface area contributed by atoms with E-state index in [0.29, 0.717) is 17.7 Å².